The van der Waals surface area contributed by atoms with Gasteiger partial charge < -0.3 is 5.73 Å². The van der Waals surface area contributed by atoms with Gasteiger partial charge in [0, 0.05) is 11.1 Å². The number of rotatable bonds is 6. The Hall–Kier alpha value is -1.71. The molecule has 0 aliphatic carbocycles. The van der Waals surface area contributed by atoms with Gasteiger partial charge in [0.2, 0.25) is 0 Å². The number of fused-ring (bicyclic) bond motifs is 1. The highest BCUT2D eigenvalue weighted by molar-refractivity contribution is 5.97. The minimum absolute atomic E-state index is 0.0255. The summed E-state index contributed by atoms with van der Waals surface area (Å²) < 4.78 is 40.2. The van der Waals surface area contributed by atoms with Gasteiger partial charge in [-0.2, -0.15) is 13.2 Å². The van der Waals surface area contributed by atoms with Gasteiger partial charge in [-0.15, -0.1) is 0 Å². The van der Waals surface area contributed by atoms with Gasteiger partial charge in [-0.25, -0.2) is 0 Å². The highest BCUT2D eigenvalue weighted by Crippen LogP contribution is 2.41. The molecule has 1 atom stereocenters. The third-order valence-electron chi connectivity index (χ3n) is 4.45. The van der Waals surface area contributed by atoms with E-state index in [1.807, 2.05) is 6.92 Å². The first-order valence-corrected chi connectivity index (χ1v) is 8.24. The van der Waals surface area contributed by atoms with Crippen molar-refractivity contribution < 1.29 is 13.2 Å². The van der Waals surface area contributed by atoms with Crippen molar-refractivity contribution >= 4 is 16.5 Å². The van der Waals surface area contributed by atoms with Gasteiger partial charge >= 0.3 is 6.18 Å². The van der Waals surface area contributed by atoms with E-state index in [4.69, 9.17) is 5.73 Å². The Bertz CT molecular complexity index is 661. The Labute approximate surface area is 135 Å². The van der Waals surface area contributed by atoms with Crippen LogP contribution < -0.4 is 5.73 Å². The van der Waals surface area contributed by atoms with E-state index in [1.165, 1.54) is 12.1 Å². The van der Waals surface area contributed by atoms with Crippen LogP contribution in [0.1, 0.15) is 63.0 Å². The molecule has 0 fully saturated rings. The Morgan fingerprint density at radius 3 is 2.30 bits per heavy atom. The van der Waals surface area contributed by atoms with E-state index >= 15 is 0 Å². The predicted octanol–water partition coefficient (Wildman–Crippen LogP) is 6.51. The molecule has 2 aromatic carbocycles. The Kier molecular flexibility index (Phi) is 5.55. The molecule has 0 aliphatic rings. The molecule has 0 spiro atoms. The van der Waals surface area contributed by atoms with Crippen molar-refractivity contribution in [2.45, 2.75) is 58.0 Å². The summed E-state index contributed by atoms with van der Waals surface area (Å²) in [5.74, 6) is 0.0255. The molecule has 0 saturated carbocycles. The summed E-state index contributed by atoms with van der Waals surface area (Å²) in [6, 6.07) is 7.76. The van der Waals surface area contributed by atoms with Crippen LogP contribution in [0.5, 0.6) is 0 Å². The van der Waals surface area contributed by atoms with Gasteiger partial charge in [-0.1, -0.05) is 63.8 Å². The maximum Gasteiger partial charge on any atom is 0.417 e. The molecule has 0 saturated heterocycles. The van der Waals surface area contributed by atoms with Crippen LogP contribution in [0, 0.1) is 0 Å². The lowest BCUT2D eigenvalue weighted by atomic mass is 9.89. The first-order valence-electron chi connectivity index (χ1n) is 8.24. The summed E-state index contributed by atoms with van der Waals surface area (Å²) in [4.78, 5) is 0. The minimum Gasteiger partial charge on any atom is -0.398 e. The predicted molar refractivity (Wildman–Crippen MR) is 90.5 cm³/mol. The smallest absolute Gasteiger partial charge is 0.398 e. The van der Waals surface area contributed by atoms with Crippen molar-refractivity contribution in [2.75, 3.05) is 5.73 Å². The van der Waals surface area contributed by atoms with Crippen molar-refractivity contribution in [3.05, 3.63) is 41.5 Å². The number of benzene rings is 2. The molecule has 1 nitrogen and oxygen atoms in total. The first-order chi connectivity index (χ1) is 10.9. The summed E-state index contributed by atoms with van der Waals surface area (Å²) in [5.41, 5.74) is 6.71. The van der Waals surface area contributed by atoms with Crippen LogP contribution in [-0.2, 0) is 6.18 Å². The van der Waals surface area contributed by atoms with Crippen LogP contribution in [0.4, 0.5) is 18.9 Å². The van der Waals surface area contributed by atoms with Gasteiger partial charge in [0.15, 0.2) is 0 Å². The normalized spacial score (nSPS) is 13.4. The highest BCUT2D eigenvalue weighted by Gasteiger charge is 2.34. The van der Waals surface area contributed by atoms with E-state index in [1.54, 1.807) is 18.2 Å². The van der Waals surface area contributed by atoms with E-state index in [0.29, 0.717) is 16.6 Å². The Balaban J connectivity index is 2.42. The van der Waals surface area contributed by atoms with Crippen molar-refractivity contribution in [3.8, 4) is 0 Å². The molecular formula is C19H24F3N. The summed E-state index contributed by atoms with van der Waals surface area (Å²) >= 11 is 0. The van der Waals surface area contributed by atoms with Gasteiger partial charge in [-0.3, -0.25) is 0 Å². The quantitative estimate of drug-likeness (QED) is 0.475. The Morgan fingerprint density at radius 1 is 1.04 bits per heavy atom. The number of halogens is 3. The van der Waals surface area contributed by atoms with E-state index < -0.39 is 11.7 Å². The second kappa shape index (κ2) is 7.24. The first kappa shape index (κ1) is 17.6. The number of unbranched alkanes of at least 4 members (excludes halogenated alkanes) is 3. The fourth-order valence-electron chi connectivity index (χ4n) is 3.09. The number of nitrogen functional groups attached to an aromatic ring is 1. The maximum absolute atomic E-state index is 13.4. The van der Waals surface area contributed by atoms with Gasteiger partial charge in [-0.05, 0) is 29.4 Å². The molecule has 2 N–H and O–H groups in total. The van der Waals surface area contributed by atoms with Crippen LogP contribution in [0.3, 0.4) is 0 Å². The second-order valence-corrected chi connectivity index (χ2v) is 6.22. The second-order valence-electron chi connectivity index (χ2n) is 6.22. The van der Waals surface area contributed by atoms with Crippen LogP contribution in [0.25, 0.3) is 10.8 Å². The van der Waals surface area contributed by atoms with Crippen LogP contribution in [-0.4, -0.2) is 0 Å². The van der Waals surface area contributed by atoms with Crippen LogP contribution >= 0.6 is 0 Å². The summed E-state index contributed by atoms with van der Waals surface area (Å²) in [6.45, 7) is 4.10. The van der Waals surface area contributed by atoms with E-state index in [2.05, 4.69) is 6.92 Å². The molecule has 126 valence electrons. The van der Waals surface area contributed by atoms with Crippen LogP contribution in [0.2, 0.25) is 0 Å². The average molecular weight is 323 g/mol. The molecular weight excluding hydrogens is 299 g/mol. The largest absolute Gasteiger partial charge is 0.417 e. The van der Waals surface area contributed by atoms with Crippen molar-refractivity contribution in [3.63, 3.8) is 0 Å². The zero-order valence-corrected chi connectivity index (χ0v) is 13.7. The molecule has 0 aromatic heterocycles. The molecule has 2 rings (SSSR count). The molecule has 0 heterocycles. The fourth-order valence-corrected chi connectivity index (χ4v) is 3.09. The number of hydrogen-bond donors (Lipinski definition) is 1. The molecule has 0 aliphatic heterocycles. The molecule has 4 heteroatoms. The fraction of sp³-hybridized carbons (Fsp3) is 0.474. The van der Waals surface area contributed by atoms with Crippen molar-refractivity contribution in [1.29, 1.82) is 0 Å². The van der Waals surface area contributed by atoms with Gasteiger partial charge in [0.05, 0.1) is 5.56 Å². The van der Waals surface area contributed by atoms with Crippen molar-refractivity contribution in [2.24, 2.45) is 0 Å². The molecule has 23 heavy (non-hydrogen) atoms. The summed E-state index contributed by atoms with van der Waals surface area (Å²) in [5, 5.41) is 0.678. The van der Waals surface area contributed by atoms with Crippen molar-refractivity contribution in [1.82, 2.24) is 0 Å². The lowest BCUT2D eigenvalue weighted by Gasteiger charge is -2.20. The van der Waals surface area contributed by atoms with Gasteiger partial charge in [0.1, 0.15) is 0 Å². The minimum atomic E-state index is -4.37. The number of anilines is 1. The number of hydrogen-bond acceptors (Lipinski definition) is 1. The van der Waals surface area contributed by atoms with Gasteiger partial charge in [0.25, 0.3) is 0 Å². The average Bonchev–Trinajstić information content (AvgIpc) is 2.51. The highest BCUT2D eigenvalue weighted by atomic mass is 19.4. The SMILES string of the molecule is CCCCCCC(C)c1cc(C(F)(F)F)c2ccccc2c1N. The molecule has 0 bridgehead atoms. The van der Waals surface area contributed by atoms with E-state index in [0.717, 1.165) is 32.1 Å². The van der Waals surface area contributed by atoms with E-state index in [-0.39, 0.29) is 11.3 Å². The standard InChI is InChI=1S/C19H24F3N/c1-3-4-5-6-9-13(2)16-12-17(19(20,21)22)14-10-7-8-11-15(14)18(16)23/h7-8,10-13H,3-6,9,23H2,1-2H3. The third kappa shape index (κ3) is 3.98. The zero-order valence-electron chi connectivity index (χ0n) is 13.7. The molecule has 0 radical (unpaired) electrons. The third-order valence-corrected chi connectivity index (χ3v) is 4.45. The molecule has 1 unspecified atom stereocenters. The number of alkyl halides is 3. The topological polar surface area (TPSA) is 26.0 Å². The molecule has 2 aromatic rings. The number of nitrogens with two attached hydrogens (primary N) is 1. The lowest BCUT2D eigenvalue weighted by Crippen LogP contribution is -2.10. The Morgan fingerprint density at radius 2 is 1.70 bits per heavy atom. The zero-order chi connectivity index (χ0) is 17.0. The summed E-state index contributed by atoms with van der Waals surface area (Å²) in [7, 11) is 0. The monoisotopic (exact) mass is 323 g/mol. The van der Waals surface area contributed by atoms with E-state index in [9.17, 15) is 13.2 Å². The summed E-state index contributed by atoms with van der Waals surface area (Å²) in [6.07, 6.45) is 0.922. The lowest BCUT2D eigenvalue weighted by molar-refractivity contribution is -0.136. The molecule has 0 amide bonds. The maximum atomic E-state index is 13.4. The van der Waals surface area contributed by atoms with Crippen LogP contribution in [0.15, 0.2) is 30.3 Å².